The lowest BCUT2D eigenvalue weighted by molar-refractivity contribution is 0.380. The number of hydrogen-bond acceptors (Lipinski definition) is 0. The fraction of sp³-hybridized carbons (Fsp3) is 0.429. The normalized spacial score (nSPS) is 15.5. The van der Waals surface area contributed by atoms with Gasteiger partial charge in [-0.1, -0.05) is 74.4 Å². The van der Waals surface area contributed by atoms with Crippen molar-refractivity contribution < 1.29 is 0 Å². The van der Waals surface area contributed by atoms with Crippen molar-refractivity contribution in [3.05, 3.63) is 70.3 Å². The van der Waals surface area contributed by atoms with Crippen molar-refractivity contribution in [2.45, 2.75) is 59.3 Å². The first-order chi connectivity index (χ1) is 9.88. The summed E-state index contributed by atoms with van der Waals surface area (Å²) in [4.78, 5) is 0. The largest absolute Gasteiger partial charge is 0.0645 e. The zero-order valence-corrected chi connectivity index (χ0v) is 14.3. The fourth-order valence-corrected chi connectivity index (χ4v) is 3.35. The van der Waals surface area contributed by atoms with Crippen LogP contribution in [-0.4, -0.2) is 0 Å². The molecular formula is C21H28. The van der Waals surface area contributed by atoms with E-state index in [0.717, 1.165) is 6.42 Å². The molecule has 0 N–H and O–H groups in total. The van der Waals surface area contributed by atoms with Gasteiger partial charge >= 0.3 is 0 Å². The second kappa shape index (κ2) is 6.05. The van der Waals surface area contributed by atoms with Crippen LogP contribution in [0.25, 0.3) is 0 Å². The van der Waals surface area contributed by atoms with Crippen LogP contribution in [-0.2, 0) is 5.41 Å². The van der Waals surface area contributed by atoms with Crippen LogP contribution in [0, 0.1) is 20.8 Å². The van der Waals surface area contributed by atoms with E-state index >= 15 is 0 Å². The van der Waals surface area contributed by atoms with E-state index < -0.39 is 0 Å². The lowest BCUT2D eigenvalue weighted by Gasteiger charge is -2.37. The van der Waals surface area contributed by atoms with Crippen molar-refractivity contribution in [2.75, 3.05) is 0 Å². The Labute approximate surface area is 130 Å². The molecule has 0 aromatic heterocycles. The second-order valence-electron chi connectivity index (χ2n) is 6.72. The SMILES string of the molecule is CC[C@](C)(c1ccc(C)cc1)C(C)c1ccc(C)cc1C. The summed E-state index contributed by atoms with van der Waals surface area (Å²) in [7, 11) is 0. The molecule has 0 heteroatoms. The minimum Gasteiger partial charge on any atom is -0.0645 e. The van der Waals surface area contributed by atoms with Crippen molar-refractivity contribution in [3.8, 4) is 0 Å². The van der Waals surface area contributed by atoms with Gasteiger partial charge in [-0.2, -0.15) is 0 Å². The van der Waals surface area contributed by atoms with Gasteiger partial charge in [0.05, 0.1) is 0 Å². The van der Waals surface area contributed by atoms with Crippen LogP contribution < -0.4 is 0 Å². The first kappa shape index (κ1) is 15.8. The topological polar surface area (TPSA) is 0 Å². The van der Waals surface area contributed by atoms with Crippen molar-refractivity contribution in [1.29, 1.82) is 0 Å². The number of aryl methyl sites for hydroxylation is 3. The maximum atomic E-state index is 2.40. The van der Waals surface area contributed by atoms with Crippen molar-refractivity contribution in [1.82, 2.24) is 0 Å². The summed E-state index contributed by atoms with van der Waals surface area (Å²) in [6.45, 7) is 13.6. The monoisotopic (exact) mass is 280 g/mol. The van der Waals surface area contributed by atoms with Crippen LogP contribution in [0.5, 0.6) is 0 Å². The van der Waals surface area contributed by atoms with Gasteiger partial charge in [-0.25, -0.2) is 0 Å². The van der Waals surface area contributed by atoms with Gasteiger partial charge < -0.3 is 0 Å². The van der Waals surface area contributed by atoms with Gasteiger partial charge in [-0.3, -0.25) is 0 Å². The molecule has 0 fully saturated rings. The highest BCUT2D eigenvalue weighted by Crippen LogP contribution is 2.42. The molecule has 2 aromatic rings. The van der Waals surface area contributed by atoms with Crippen LogP contribution in [0.1, 0.15) is 60.9 Å². The summed E-state index contributed by atoms with van der Waals surface area (Å²) in [5.41, 5.74) is 7.18. The number of rotatable bonds is 4. The standard InChI is InChI=1S/C21H28/c1-7-21(6,19-11-8-15(2)9-12-19)18(5)20-13-10-16(3)14-17(20)4/h8-14,18H,7H2,1-6H3/t18?,21-/m0/s1. The van der Waals surface area contributed by atoms with E-state index in [0.29, 0.717) is 5.92 Å². The molecule has 2 aromatic carbocycles. The Morgan fingerprint density at radius 1 is 0.905 bits per heavy atom. The summed E-state index contributed by atoms with van der Waals surface area (Å²) in [5.74, 6) is 0.505. The molecule has 0 bridgehead atoms. The first-order valence-corrected chi connectivity index (χ1v) is 8.02. The highest BCUT2D eigenvalue weighted by Gasteiger charge is 2.32. The average molecular weight is 280 g/mol. The van der Waals surface area contributed by atoms with Crippen LogP contribution in [0.3, 0.4) is 0 Å². The highest BCUT2D eigenvalue weighted by atomic mass is 14.4. The minimum atomic E-state index is 0.174. The van der Waals surface area contributed by atoms with Crippen LogP contribution in [0.4, 0.5) is 0 Å². The molecule has 0 aliphatic heterocycles. The highest BCUT2D eigenvalue weighted by molar-refractivity contribution is 5.39. The average Bonchev–Trinajstić information content (AvgIpc) is 2.46. The molecule has 0 amide bonds. The van der Waals surface area contributed by atoms with E-state index in [1.807, 2.05) is 0 Å². The Hall–Kier alpha value is -1.56. The van der Waals surface area contributed by atoms with Gasteiger partial charge in [0.1, 0.15) is 0 Å². The maximum absolute atomic E-state index is 2.40. The molecule has 112 valence electrons. The van der Waals surface area contributed by atoms with Gasteiger partial charge in [0.2, 0.25) is 0 Å². The molecule has 2 rings (SSSR count). The predicted molar refractivity (Wildman–Crippen MR) is 93.2 cm³/mol. The van der Waals surface area contributed by atoms with Gasteiger partial charge in [-0.15, -0.1) is 0 Å². The summed E-state index contributed by atoms with van der Waals surface area (Å²) in [6.07, 6.45) is 1.14. The lowest BCUT2D eigenvalue weighted by atomic mass is 9.67. The Morgan fingerprint density at radius 2 is 1.48 bits per heavy atom. The quantitative estimate of drug-likeness (QED) is 0.636. The van der Waals surface area contributed by atoms with Gasteiger partial charge in [0.25, 0.3) is 0 Å². The smallest absolute Gasteiger partial charge is 0.00118 e. The van der Waals surface area contributed by atoms with Gasteiger partial charge in [-0.05, 0) is 55.2 Å². The molecule has 0 saturated carbocycles. The molecule has 0 saturated heterocycles. The third-order valence-electron chi connectivity index (χ3n) is 5.29. The van der Waals surface area contributed by atoms with Gasteiger partial charge in [0, 0.05) is 0 Å². The fourth-order valence-electron chi connectivity index (χ4n) is 3.35. The number of benzene rings is 2. The van der Waals surface area contributed by atoms with E-state index in [4.69, 9.17) is 0 Å². The molecule has 0 nitrogen and oxygen atoms in total. The van der Waals surface area contributed by atoms with Crippen molar-refractivity contribution in [3.63, 3.8) is 0 Å². The third kappa shape index (κ3) is 3.05. The summed E-state index contributed by atoms with van der Waals surface area (Å²) in [6, 6.07) is 15.9. The van der Waals surface area contributed by atoms with E-state index in [2.05, 4.69) is 84.0 Å². The predicted octanol–water partition coefficient (Wildman–Crippen LogP) is 6.08. The molecule has 21 heavy (non-hydrogen) atoms. The summed E-state index contributed by atoms with van der Waals surface area (Å²) in [5, 5.41) is 0. The molecule has 0 heterocycles. The maximum Gasteiger partial charge on any atom is -0.00118 e. The molecular weight excluding hydrogens is 252 g/mol. The molecule has 0 aliphatic carbocycles. The van der Waals surface area contributed by atoms with E-state index in [-0.39, 0.29) is 5.41 Å². The molecule has 0 aliphatic rings. The lowest BCUT2D eigenvalue weighted by Crippen LogP contribution is -2.28. The van der Waals surface area contributed by atoms with Crippen LogP contribution in [0.2, 0.25) is 0 Å². The Bertz CT molecular complexity index is 606. The summed E-state index contributed by atoms with van der Waals surface area (Å²) < 4.78 is 0. The second-order valence-corrected chi connectivity index (χ2v) is 6.72. The third-order valence-corrected chi connectivity index (χ3v) is 5.29. The van der Waals surface area contributed by atoms with E-state index in [1.165, 1.54) is 27.8 Å². The molecule has 0 radical (unpaired) electrons. The Balaban J connectivity index is 2.45. The zero-order chi connectivity index (χ0) is 15.6. The van der Waals surface area contributed by atoms with Crippen molar-refractivity contribution in [2.24, 2.45) is 0 Å². The minimum absolute atomic E-state index is 0.174. The number of hydrogen-bond donors (Lipinski definition) is 0. The van der Waals surface area contributed by atoms with E-state index in [1.54, 1.807) is 0 Å². The van der Waals surface area contributed by atoms with Crippen LogP contribution in [0.15, 0.2) is 42.5 Å². The summed E-state index contributed by atoms with van der Waals surface area (Å²) >= 11 is 0. The Kier molecular flexibility index (Phi) is 4.56. The van der Waals surface area contributed by atoms with E-state index in [9.17, 15) is 0 Å². The Morgan fingerprint density at radius 3 is 2.00 bits per heavy atom. The van der Waals surface area contributed by atoms with Gasteiger partial charge in [0.15, 0.2) is 0 Å². The van der Waals surface area contributed by atoms with Crippen LogP contribution >= 0.6 is 0 Å². The molecule has 2 atom stereocenters. The first-order valence-electron chi connectivity index (χ1n) is 8.02. The molecule has 1 unspecified atom stereocenters. The molecule has 0 spiro atoms. The zero-order valence-electron chi connectivity index (χ0n) is 14.3. The van der Waals surface area contributed by atoms with Crippen molar-refractivity contribution >= 4 is 0 Å².